The third-order valence-electron chi connectivity index (χ3n) is 4.43. The molecule has 0 unspecified atom stereocenters. The van der Waals surface area contributed by atoms with Gasteiger partial charge in [0, 0.05) is 17.3 Å². The summed E-state index contributed by atoms with van der Waals surface area (Å²) in [7, 11) is -3.44. The molecule has 0 bridgehead atoms. The number of aliphatic hydroxyl groups excluding tert-OH is 1. The molecule has 2 heterocycles. The quantitative estimate of drug-likeness (QED) is 0.279. The predicted molar refractivity (Wildman–Crippen MR) is 128 cm³/mol. The zero-order chi connectivity index (χ0) is 22.7. The minimum atomic E-state index is -3.44. The smallest absolute Gasteiger partial charge is 0.229 e. The molecule has 10 nitrogen and oxygen atoms in total. The van der Waals surface area contributed by atoms with E-state index in [0.717, 1.165) is 22.8 Å². The number of nitrogens with zero attached hydrogens (tertiary/aromatic N) is 4. The second-order valence-electron chi connectivity index (χ2n) is 6.92. The summed E-state index contributed by atoms with van der Waals surface area (Å²) in [5.74, 6) is 0.800. The van der Waals surface area contributed by atoms with E-state index in [2.05, 4.69) is 46.4 Å². The average molecular weight is 518 g/mol. The fourth-order valence-electron chi connectivity index (χ4n) is 3.07. The van der Waals surface area contributed by atoms with Crippen LogP contribution in [0.25, 0.3) is 10.9 Å². The molecule has 4 rings (SSSR count). The van der Waals surface area contributed by atoms with Gasteiger partial charge in [0.25, 0.3) is 0 Å². The maximum atomic E-state index is 11.7. The second-order valence-corrected chi connectivity index (χ2v) is 9.53. The number of aliphatic hydroxyl groups is 1. The Morgan fingerprint density at radius 1 is 1.09 bits per heavy atom. The molecule has 2 aromatic heterocycles. The van der Waals surface area contributed by atoms with E-state index in [1.165, 1.54) is 0 Å². The van der Waals surface area contributed by atoms with Crippen molar-refractivity contribution >= 4 is 65.7 Å². The van der Waals surface area contributed by atoms with E-state index < -0.39 is 10.0 Å². The maximum Gasteiger partial charge on any atom is 0.229 e. The van der Waals surface area contributed by atoms with E-state index in [9.17, 15) is 13.5 Å². The lowest BCUT2D eigenvalue weighted by molar-refractivity contribution is 0.271. The van der Waals surface area contributed by atoms with Gasteiger partial charge in [-0.15, -0.1) is 0 Å². The van der Waals surface area contributed by atoms with Gasteiger partial charge in [-0.1, -0.05) is 12.1 Å². The number of rotatable bonds is 8. The van der Waals surface area contributed by atoms with Gasteiger partial charge in [-0.05, 0) is 46.3 Å². The Hall–Kier alpha value is -3.22. The minimum Gasteiger partial charge on any atom is -0.394 e. The summed E-state index contributed by atoms with van der Waals surface area (Å²) in [5, 5.41) is 20.7. The third-order valence-corrected chi connectivity index (χ3v) is 5.60. The first kappa shape index (κ1) is 22.0. The van der Waals surface area contributed by atoms with Gasteiger partial charge in [0.05, 0.1) is 47.0 Å². The number of hydrogen-bond acceptors (Lipinski definition) is 8. The number of sulfonamides is 1. The fourth-order valence-corrected chi connectivity index (χ4v) is 3.94. The molecule has 12 heteroatoms. The van der Waals surface area contributed by atoms with Gasteiger partial charge < -0.3 is 15.7 Å². The number of fused-ring (bicyclic) bond motifs is 1. The van der Waals surface area contributed by atoms with Crippen LogP contribution in [0.5, 0.6) is 0 Å². The number of halogens is 1. The van der Waals surface area contributed by atoms with Gasteiger partial charge in [0.2, 0.25) is 16.0 Å². The molecule has 0 saturated heterocycles. The standard InChI is InChI=1S/C20H20BrN7O3S/c1-32(30,31)27-17-5-3-2-4-16(17)25-19-15(21)12-22-20(26-19)24-14-7-6-13-11-23-28(8-9-29)18(13)10-14/h2-7,10-12,27,29H,8-9H2,1H3,(H2,22,24,25,26). The van der Waals surface area contributed by atoms with Crippen molar-refractivity contribution in [2.45, 2.75) is 6.54 Å². The van der Waals surface area contributed by atoms with Crippen molar-refractivity contribution in [2.24, 2.45) is 0 Å². The first-order valence-corrected chi connectivity index (χ1v) is 12.2. The molecule has 0 aliphatic rings. The number of para-hydroxylation sites is 2. The van der Waals surface area contributed by atoms with Gasteiger partial charge in [0.15, 0.2) is 0 Å². The molecular formula is C20H20BrN7O3S. The van der Waals surface area contributed by atoms with Gasteiger partial charge in [-0.3, -0.25) is 9.40 Å². The third kappa shape index (κ3) is 5.15. The number of hydrogen-bond donors (Lipinski definition) is 4. The SMILES string of the molecule is CS(=O)(=O)Nc1ccccc1Nc1nc(Nc2ccc3cnn(CCO)c3c2)ncc1Br. The molecule has 4 aromatic rings. The van der Waals surface area contributed by atoms with E-state index in [1.807, 2.05) is 18.2 Å². The summed E-state index contributed by atoms with van der Waals surface area (Å²) in [6, 6.07) is 12.6. The first-order chi connectivity index (χ1) is 15.3. The van der Waals surface area contributed by atoms with E-state index in [1.54, 1.807) is 41.3 Å². The molecule has 0 saturated carbocycles. The highest BCUT2D eigenvalue weighted by Gasteiger charge is 2.11. The highest BCUT2D eigenvalue weighted by Crippen LogP contribution is 2.30. The summed E-state index contributed by atoms with van der Waals surface area (Å²) in [5.41, 5.74) is 2.57. The number of anilines is 5. The van der Waals surface area contributed by atoms with Gasteiger partial charge in [0.1, 0.15) is 5.82 Å². The van der Waals surface area contributed by atoms with Gasteiger partial charge >= 0.3 is 0 Å². The molecular weight excluding hydrogens is 498 g/mol. The van der Waals surface area contributed by atoms with Crippen molar-refractivity contribution in [1.29, 1.82) is 0 Å². The Kier molecular flexibility index (Phi) is 6.26. The average Bonchev–Trinajstić information content (AvgIpc) is 3.13. The fraction of sp³-hybridized carbons (Fsp3) is 0.150. The topological polar surface area (TPSA) is 134 Å². The molecule has 4 N–H and O–H groups in total. The van der Waals surface area contributed by atoms with E-state index in [4.69, 9.17) is 0 Å². The largest absolute Gasteiger partial charge is 0.394 e. The Balaban J connectivity index is 1.60. The van der Waals surface area contributed by atoms with Crippen molar-refractivity contribution in [3.63, 3.8) is 0 Å². The molecule has 0 spiro atoms. The molecule has 0 atom stereocenters. The molecule has 0 aliphatic heterocycles. The Labute approximate surface area is 192 Å². The molecule has 0 radical (unpaired) electrons. The number of aromatic nitrogens is 4. The van der Waals surface area contributed by atoms with Gasteiger partial charge in [-0.25, -0.2) is 13.4 Å². The van der Waals surface area contributed by atoms with Crippen LogP contribution in [0.3, 0.4) is 0 Å². The summed E-state index contributed by atoms with van der Waals surface area (Å²) in [6.45, 7) is 0.395. The van der Waals surface area contributed by atoms with E-state index >= 15 is 0 Å². The monoisotopic (exact) mass is 517 g/mol. The lowest BCUT2D eigenvalue weighted by Crippen LogP contribution is -2.11. The van der Waals surface area contributed by atoms with Crippen LogP contribution in [0.15, 0.2) is 59.3 Å². The predicted octanol–water partition coefficient (Wildman–Crippen LogP) is 3.44. The first-order valence-electron chi connectivity index (χ1n) is 9.52. The molecule has 2 aromatic carbocycles. The van der Waals surface area contributed by atoms with Gasteiger partial charge in [-0.2, -0.15) is 10.1 Å². The highest BCUT2D eigenvalue weighted by atomic mass is 79.9. The molecule has 0 fully saturated rings. The summed E-state index contributed by atoms with van der Waals surface area (Å²) < 4.78 is 28.1. The van der Waals surface area contributed by atoms with Crippen LogP contribution >= 0.6 is 15.9 Å². The number of nitrogens with one attached hydrogen (secondary N) is 3. The van der Waals surface area contributed by atoms with Crippen LogP contribution < -0.4 is 15.4 Å². The normalized spacial score (nSPS) is 11.5. The van der Waals surface area contributed by atoms with Crippen molar-refractivity contribution in [1.82, 2.24) is 19.7 Å². The van der Waals surface area contributed by atoms with E-state index in [0.29, 0.717) is 34.2 Å². The lowest BCUT2D eigenvalue weighted by atomic mass is 10.2. The molecule has 166 valence electrons. The molecule has 0 aliphatic carbocycles. The molecule has 32 heavy (non-hydrogen) atoms. The van der Waals surface area contributed by atoms with Crippen LogP contribution in [-0.4, -0.2) is 46.1 Å². The van der Waals surface area contributed by atoms with E-state index in [-0.39, 0.29) is 6.61 Å². The minimum absolute atomic E-state index is 0.00501. The Morgan fingerprint density at radius 3 is 2.62 bits per heavy atom. The summed E-state index contributed by atoms with van der Waals surface area (Å²) in [6.07, 6.45) is 4.43. The zero-order valence-corrected chi connectivity index (χ0v) is 19.4. The van der Waals surface area contributed by atoms with Crippen molar-refractivity contribution in [2.75, 3.05) is 28.2 Å². The highest BCUT2D eigenvalue weighted by molar-refractivity contribution is 9.10. The van der Waals surface area contributed by atoms with Crippen molar-refractivity contribution in [3.05, 3.63) is 59.3 Å². The second kappa shape index (κ2) is 9.10. The number of benzene rings is 2. The summed E-state index contributed by atoms with van der Waals surface area (Å²) >= 11 is 3.42. The van der Waals surface area contributed by atoms with Crippen LogP contribution in [0.1, 0.15) is 0 Å². The van der Waals surface area contributed by atoms with Crippen molar-refractivity contribution < 1.29 is 13.5 Å². The zero-order valence-electron chi connectivity index (χ0n) is 16.9. The Bertz CT molecular complexity index is 1370. The summed E-state index contributed by atoms with van der Waals surface area (Å²) in [4.78, 5) is 8.81. The lowest BCUT2D eigenvalue weighted by Gasteiger charge is -2.14. The van der Waals surface area contributed by atoms with Crippen LogP contribution in [0.4, 0.5) is 28.8 Å². The maximum absolute atomic E-state index is 11.7. The van der Waals surface area contributed by atoms with Crippen LogP contribution in [-0.2, 0) is 16.6 Å². The Morgan fingerprint density at radius 2 is 1.88 bits per heavy atom. The van der Waals surface area contributed by atoms with Crippen LogP contribution in [0.2, 0.25) is 0 Å². The van der Waals surface area contributed by atoms with Crippen LogP contribution in [0, 0.1) is 0 Å². The molecule has 0 amide bonds. The van der Waals surface area contributed by atoms with Crippen molar-refractivity contribution in [3.8, 4) is 0 Å².